The fourth-order valence-corrected chi connectivity index (χ4v) is 6.11. The lowest BCUT2D eigenvalue weighted by Crippen LogP contribution is -2.46. The highest BCUT2D eigenvalue weighted by atomic mass is 35.5. The molecule has 3 rings (SSSR count). The van der Waals surface area contributed by atoms with Crippen LogP contribution < -0.4 is 9.04 Å². The maximum absolute atomic E-state index is 13.8. The molecule has 1 amide bonds. The molecule has 1 aliphatic rings. The number of carbonyl (C=O) groups is 2. The summed E-state index contributed by atoms with van der Waals surface area (Å²) in [5.41, 5.74) is 0.863. The van der Waals surface area contributed by atoms with E-state index in [1.165, 1.54) is 31.4 Å². The highest BCUT2D eigenvalue weighted by Gasteiger charge is 2.34. The Balaban J connectivity index is 1.93. The highest BCUT2D eigenvalue weighted by molar-refractivity contribution is 7.93. The second-order valence-corrected chi connectivity index (χ2v) is 10.9. The first-order valence-corrected chi connectivity index (χ1v) is 13.3. The minimum Gasteiger partial charge on any atom is -0.495 e. The van der Waals surface area contributed by atoms with Crippen molar-refractivity contribution in [3.63, 3.8) is 0 Å². The summed E-state index contributed by atoms with van der Waals surface area (Å²) in [5, 5.41) is 0.457. The molecule has 0 spiro atoms. The van der Waals surface area contributed by atoms with Crippen LogP contribution in [0, 0.1) is 12.8 Å². The van der Waals surface area contributed by atoms with E-state index in [1.54, 1.807) is 30.9 Å². The molecular formula is C24H28Cl2N2O6S. The van der Waals surface area contributed by atoms with Crippen LogP contribution >= 0.6 is 23.2 Å². The molecular weight excluding hydrogens is 515 g/mol. The lowest BCUT2D eigenvalue weighted by atomic mass is 9.97. The number of hydrogen-bond donors (Lipinski definition) is 0. The first-order chi connectivity index (χ1) is 16.6. The van der Waals surface area contributed by atoms with E-state index in [-0.39, 0.29) is 38.3 Å². The second kappa shape index (κ2) is 11.5. The van der Waals surface area contributed by atoms with Crippen LogP contribution in [0.25, 0.3) is 0 Å². The number of benzene rings is 2. The van der Waals surface area contributed by atoms with Gasteiger partial charge in [-0.05, 0) is 62.6 Å². The average Bonchev–Trinajstić information content (AvgIpc) is 2.81. The van der Waals surface area contributed by atoms with E-state index >= 15 is 0 Å². The van der Waals surface area contributed by atoms with Crippen LogP contribution in [0.5, 0.6) is 5.75 Å². The number of esters is 1. The maximum Gasteiger partial charge on any atom is 0.309 e. The zero-order valence-electron chi connectivity index (χ0n) is 19.8. The van der Waals surface area contributed by atoms with Crippen LogP contribution in [-0.4, -0.2) is 58.5 Å². The first-order valence-electron chi connectivity index (χ1n) is 11.1. The van der Waals surface area contributed by atoms with Gasteiger partial charge in [0.2, 0.25) is 5.91 Å². The molecule has 11 heteroatoms. The molecule has 1 fully saturated rings. The molecule has 0 aromatic heterocycles. The lowest BCUT2D eigenvalue weighted by molar-refractivity contribution is -0.151. The first kappa shape index (κ1) is 27.1. The van der Waals surface area contributed by atoms with Crippen molar-refractivity contribution in [1.29, 1.82) is 0 Å². The van der Waals surface area contributed by atoms with Gasteiger partial charge in [-0.3, -0.25) is 13.9 Å². The van der Waals surface area contributed by atoms with Gasteiger partial charge in [-0.15, -0.1) is 0 Å². The van der Waals surface area contributed by atoms with E-state index in [9.17, 15) is 18.0 Å². The van der Waals surface area contributed by atoms with Gasteiger partial charge in [0.25, 0.3) is 10.0 Å². The predicted molar refractivity (Wildman–Crippen MR) is 135 cm³/mol. The van der Waals surface area contributed by atoms with Gasteiger partial charge in [-0.2, -0.15) is 0 Å². The lowest BCUT2D eigenvalue weighted by Gasteiger charge is -2.33. The Labute approximate surface area is 215 Å². The van der Waals surface area contributed by atoms with Crippen molar-refractivity contribution in [2.75, 3.05) is 37.7 Å². The van der Waals surface area contributed by atoms with Gasteiger partial charge in [0.05, 0.1) is 25.3 Å². The minimum absolute atomic E-state index is 0.0788. The molecule has 2 aromatic carbocycles. The van der Waals surface area contributed by atoms with E-state index in [4.69, 9.17) is 32.7 Å². The summed E-state index contributed by atoms with van der Waals surface area (Å²) < 4.78 is 39.1. The van der Waals surface area contributed by atoms with E-state index in [2.05, 4.69) is 0 Å². The Kier molecular flexibility index (Phi) is 8.90. The van der Waals surface area contributed by atoms with Crippen LogP contribution in [0.15, 0.2) is 41.3 Å². The third-order valence-electron chi connectivity index (χ3n) is 5.77. The van der Waals surface area contributed by atoms with E-state index in [0.29, 0.717) is 38.1 Å². The van der Waals surface area contributed by atoms with Crippen molar-refractivity contribution in [3.8, 4) is 5.75 Å². The normalized spacial score (nSPS) is 14.5. The number of nitrogens with zero attached hydrogens (tertiary/aromatic N) is 2. The third-order valence-corrected chi connectivity index (χ3v) is 8.00. The van der Waals surface area contributed by atoms with Gasteiger partial charge in [0.15, 0.2) is 0 Å². The zero-order chi connectivity index (χ0) is 25.8. The van der Waals surface area contributed by atoms with Crippen molar-refractivity contribution in [1.82, 2.24) is 4.90 Å². The Morgan fingerprint density at radius 2 is 1.71 bits per heavy atom. The second-order valence-electron chi connectivity index (χ2n) is 8.20. The molecule has 1 saturated heterocycles. The molecule has 1 aliphatic heterocycles. The molecule has 0 saturated carbocycles. The largest absolute Gasteiger partial charge is 0.495 e. The Morgan fingerprint density at radius 1 is 1.09 bits per heavy atom. The molecule has 0 radical (unpaired) electrons. The molecule has 0 aliphatic carbocycles. The third kappa shape index (κ3) is 6.39. The average molecular weight is 543 g/mol. The standard InChI is InChI=1S/C24H28Cl2N2O6S/c1-4-34-24(30)17-7-9-27(10-8-17)23(29)15-28(20-13-18(25)12-19(26)14-20)35(31,32)22-11-16(2)5-6-21(22)33-3/h5-6,11-14,17H,4,7-10,15H2,1-3H3. The number of rotatable bonds is 8. The number of aryl methyl sites for hydroxylation is 1. The Bertz CT molecular complexity index is 1180. The smallest absolute Gasteiger partial charge is 0.309 e. The number of methoxy groups -OCH3 is 1. The van der Waals surface area contributed by atoms with E-state index in [0.717, 1.165) is 4.31 Å². The number of hydrogen-bond acceptors (Lipinski definition) is 6. The summed E-state index contributed by atoms with van der Waals surface area (Å²) in [6.07, 6.45) is 0.901. The number of piperidine rings is 1. The van der Waals surface area contributed by atoms with Crippen LogP contribution in [-0.2, 0) is 24.3 Å². The molecule has 2 aromatic rings. The highest BCUT2D eigenvalue weighted by Crippen LogP contribution is 2.34. The zero-order valence-corrected chi connectivity index (χ0v) is 22.1. The van der Waals surface area contributed by atoms with Gasteiger partial charge in [0, 0.05) is 23.1 Å². The van der Waals surface area contributed by atoms with E-state index < -0.39 is 22.5 Å². The minimum atomic E-state index is -4.25. The summed E-state index contributed by atoms with van der Waals surface area (Å²) in [6.45, 7) is 3.98. The maximum atomic E-state index is 13.8. The molecule has 0 N–H and O–H groups in total. The van der Waals surface area contributed by atoms with E-state index in [1.807, 2.05) is 0 Å². The summed E-state index contributed by atoms with van der Waals surface area (Å²) in [5.74, 6) is -0.805. The number of sulfonamides is 1. The monoisotopic (exact) mass is 542 g/mol. The molecule has 8 nitrogen and oxygen atoms in total. The molecule has 190 valence electrons. The molecule has 1 heterocycles. The van der Waals surface area contributed by atoms with Gasteiger partial charge in [-0.25, -0.2) is 8.42 Å². The number of anilines is 1. The van der Waals surface area contributed by atoms with Gasteiger partial charge in [0.1, 0.15) is 17.2 Å². The molecule has 0 atom stereocenters. The van der Waals surface area contributed by atoms with Crippen LogP contribution in [0.3, 0.4) is 0 Å². The fraction of sp³-hybridized carbons (Fsp3) is 0.417. The summed E-state index contributed by atoms with van der Waals surface area (Å²) in [6, 6.07) is 9.14. The van der Waals surface area contributed by atoms with Gasteiger partial charge < -0.3 is 14.4 Å². The number of amides is 1. The molecule has 35 heavy (non-hydrogen) atoms. The number of ether oxygens (including phenoxy) is 2. The predicted octanol–water partition coefficient (Wildman–Crippen LogP) is 4.31. The molecule has 0 bridgehead atoms. The fourth-order valence-electron chi connectivity index (χ4n) is 3.95. The van der Waals surface area contributed by atoms with Crippen molar-refractivity contribution >= 4 is 50.8 Å². The van der Waals surface area contributed by atoms with Crippen LogP contribution in [0.2, 0.25) is 10.0 Å². The summed E-state index contributed by atoms with van der Waals surface area (Å²) in [7, 11) is -2.87. The van der Waals surface area contributed by atoms with Gasteiger partial charge >= 0.3 is 5.97 Å². The van der Waals surface area contributed by atoms with Crippen LogP contribution in [0.1, 0.15) is 25.3 Å². The SMILES string of the molecule is CCOC(=O)C1CCN(C(=O)CN(c2cc(Cl)cc(Cl)c2)S(=O)(=O)c2cc(C)ccc2OC)CC1. The number of carbonyl (C=O) groups excluding carboxylic acids is 2. The van der Waals surface area contributed by atoms with Gasteiger partial charge in [-0.1, -0.05) is 29.3 Å². The molecule has 0 unspecified atom stereocenters. The number of likely N-dealkylation sites (tertiary alicyclic amines) is 1. The Morgan fingerprint density at radius 3 is 2.29 bits per heavy atom. The summed E-state index contributed by atoms with van der Waals surface area (Å²) >= 11 is 12.3. The Hall–Kier alpha value is -2.49. The van der Waals surface area contributed by atoms with Crippen molar-refractivity contribution in [2.45, 2.75) is 31.6 Å². The van der Waals surface area contributed by atoms with Crippen molar-refractivity contribution < 1.29 is 27.5 Å². The number of halogens is 2. The van der Waals surface area contributed by atoms with Crippen molar-refractivity contribution in [3.05, 3.63) is 52.0 Å². The van der Waals surface area contributed by atoms with Crippen molar-refractivity contribution in [2.24, 2.45) is 5.92 Å². The topological polar surface area (TPSA) is 93.2 Å². The summed E-state index contributed by atoms with van der Waals surface area (Å²) in [4.78, 5) is 26.8. The van der Waals surface area contributed by atoms with Crippen LogP contribution in [0.4, 0.5) is 5.69 Å². The quantitative estimate of drug-likeness (QED) is 0.461.